The van der Waals surface area contributed by atoms with Crippen molar-refractivity contribution in [1.82, 2.24) is 25.2 Å². The number of nitrogens with zero attached hydrogens (tertiary/aromatic N) is 5. The van der Waals surface area contributed by atoms with Gasteiger partial charge in [0.2, 0.25) is 0 Å². The van der Waals surface area contributed by atoms with Gasteiger partial charge in [0.1, 0.15) is 11.5 Å². The van der Waals surface area contributed by atoms with Crippen molar-refractivity contribution in [3.05, 3.63) is 91.0 Å². The summed E-state index contributed by atoms with van der Waals surface area (Å²) in [5, 5.41) is 15.8. The van der Waals surface area contributed by atoms with Gasteiger partial charge in [-0.25, -0.2) is 0 Å². The predicted octanol–water partition coefficient (Wildman–Crippen LogP) is 4.12. The normalized spacial score (nSPS) is 11.5. The Morgan fingerprint density at radius 2 is 1.87 bits per heavy atom. The quantitative estimate of drug-likeness (QED) is 0.439. The number of tetrazole rings is 1. The van der Waals surface area contributed by atoms with E-state index in [0.717, 1.165) is 16.5 Å². The summed E-state index contributed by atoms with van der Waals surface area (Å²) in [6.07, 6.45) is 4.85. The maximum Gasteiger partial charge on any atom is 0.274 e. The zero-order valence-corrected chi connectivity index (χ0v) is 16.2. The van der Waals surface area contributed by atoms with Gasteiger partial charge in [-0.05, 0) is 46.8 Å². The monoisotopic (exact) mass is 408 g/mol. The van der Waals surface area contributed by atoms with Crippen LogP contribution in [0.3, 0.4) is 0 Å². The third-order valence-corrected chi connectivity index (χ3v) is 4.68. The molecule has 0 radical (unpaired) electrons. The first-order valence-electron chi connectivity index (χ1n) is 9.54. The fourth-order valence-corrected chi connectivity index (χ4v) is 3.25. The van der Waals surface area contributed by atoms with E-state index in [9.17, 15) is 4.79 Å². The van der Waals surface area contributed by atoms with Crippen LogP contribution in [0.1, 0.15) is 5.76 Å². The van der Waals surface area contributed by atoms with Gasteiger partial charge in [-0.3, -0.25) is 9.78 Å². The molecule has 5 aromatic rings. The zero-order chi connectivity index (χ0) is 21.0. The van der Waals surface area contributed by atoms with E-state index in [1.165, 1.54) is 10.9 Å². The second-order valence-electron chi connectivity index (χ2n) is 6.66. The highest BCUT2D eigenvalue weighted by atomic mass is 16.3. The van der Waals surface area contributed by atoms with Crippen molar-refractivity contribution < 1.29 is 9.21 Å². The summed E-state index contributed by atoms with van der Waals surface area (Å²) in [4.78, 5) is 17.7. The summed E-state index contributed by atoms with van der Waals surface area (Å²) in [6, 6.07) is 22.2. The summed E-state index contributed by atoms with van der Waals surface area (Å²) >= 11 is 0. The van der Waals surface area contributed by atoms with E-state index in [1.54, 1.807) is 24.4 Å². The first-order chi connectivity index (χ1) is 15.3. The van der Waals surface area contributed by atoms with Crippen LogP contribution in [-0.2, 0) is 4.79 Å². The standard InChI is InChI=1S/C23H16N6O2/c30-23(25-20-12-4-11-19-18(20)10-5-13-24-19)21(15-17-9-6-14-31-17)29-22(26-27-28-29)16-7-2-1-3-8-16/h1-15H,(H,25,30)/b21-15-. The number of carbonyl (C=O) groups is 1. The van der Waals surface area contributed by atoms with Crippen molar-refractivity contribution in [3.63, 3.8) is 0 Å². The second-order valence-corrected chi connectivity index (χ2v) is 6.66. The Balaban J connectivity index is 1.58. The Morgan fingerprint density at radius 1 is 0.968 bits per heavy atom. The average molecular weight is 408 g/mol. The molecule has 0 aliphatic carbocycles. The molecule has 3 heterocycles. The Kier molecular flexibility index (Phi) is 4.78. The molecule has 0 bridgehead atoms. The largest absolute Gasteiger partial charge is 0.465 e. The molecule has 150 valence electrons. The first-order valence-corrected chi connectivity index (χ1v) is 9.54. The Bertz CT molecular complexity index is 1370. The Labute approximate surface area is 176 Å². The van der Waals surface area contributed by atoms with Gasteiger partial charge in [0.05, 0.1) is 17.5 Å². The summed E-state index contributed by atoms with van der Waals surface area (Å²) < 4.78 is 6.83. The van der Waals surface area contributed by atoms with Crippen LogP contribution in [0.4, 0.5) is 5.69 Å². The van der Waals surface area contributed by atoms with Crippen molar-refractivity contribution in [2.75, 3.05) is 5.32 Å². The predicted molar refractivity (Wildman–Crippen MR) is 117 cm³/mol. The molecule has 0 spiro atoms. The number of hydrogen-bond donors (Lipinski definition) is 1. The second kappa shape index (κ2) is 8.03. The molecule has 0 fully saturated rings. The molecule has 8 nitrogen and oxygen atoms in total. The lowest BCUT2D eigenvalue weighted by Crippen LogP contribution is -2.19. The Morgan fingerprint density at radius 3 is 2.71 bits per heavy atom. The Hall–Kier alpha value is -4.59. The van der Waals surface area contributed by atoms with Gasteiger partial charge in [0.15, 0.2) is 5.82 Å². The molecule has 0 saturated carbocycles. The van der Waals surface area contributed by atoms with Crippen LogP contribution in [-0.4, -0.2) is 31.1 Å². The molecule has 3 aromatic heterocycles. The number of carbonyl (C=O) groups excluding carboxylic acids is 1. The number of aromatic nitrogens is 5. The van der Waals surface area contributed by atoms with Crippen LogP contribution in [0.15, 0.2) is 89.7 Å². The zero-order valence-electron chi connectivity index (χ0n) is 16.2. The molecule has 8 heteroatoms. The van der Waals surface area contributed by atoms with Crippen molar-refractivity contribution in [1.29, 1.82) is 0 Å². The van der Waals surface area contributed by atoms with E-state index >= 15 is 0 Å². The van der Waals surface area contributed by atoms with Gasteiger partial charge in [-0.15, -0.1) is 5.10 Å². The maximum atomic E-state index is 13.4. The highest BCUT2D eigenvalue weighted by Gasteiger charge is 2.20. The number of furan rings is 1. The number of fused-ring (bicyclic) bond motifs is 1. The molecule has 0 saturated heterocycles. The number of pyridine rings is 1. The number of anilines is 1. The minimum Gasteiger partial charge on any atom is -0.465 e. The van der Waals surface area contributed by atoms with Crippen LogP contribution in [0.5, 0.6) is 0 Å². The van der Waals surface area contributed by atoms with Gasteiger partial charge < -0.3 is 9.73 Å². The van der Waals surface area contributed by atoms with Crippen molar-refractivity contribution in [3.8, 4) is 11.4 Å². The van der Waals surface area contributed by atoms with Gasteiger partial charge in [0, 0.05) is 23.2 Å². The topological polar surface area (TPSA) is 98.7 Å². The third-order valence-electron chi connectivity index (χ3n) is 4.68. The molecule has 31 heavy (non-hydrogen) atoms. The molecule has 0 atom stereocenters. The van der Waals surface area contributed by atoms with Crippen molar-refractivity contribution in [2.45, 2.75) is 0 Å². The van der Waals surface area contributed by atoms with E-state index in [1.807, 2.05) is 60.7 Å². The molecular formula is C23H16N6O2. The summed E-state index contributed by atoms with van der Waals surface area (Å²) in [6.45, 7) is 0. The molecule has 5 rings (SSSR count). The molecular weight excluding hydrogens is 392 g/mol. The molecule has 1 amide bonds. The number of benzene rings is 2. The minimum absolute atomic E-state index is 0.208. The summed E-state index contributed by atoms with van der Waals surface area (Å²) in [5.74, 6) is 0.546. The van der Waals surface area contributed by atoms with Crippen LogP contribution >= 0.6 is 0 Å². The minimum atomic E-state index is -0.391. The highest BCUT2D eigenvalue weighted by molar-refractivity contribution is 6.25. The van der Waals surface area contributed by atoms with E-state index < -0.39 is 5.91 Å². The van der Waals surface area contributed by atoms with Crippen molar-refractivity contribution >= 4 is 34.3 Å². The first kappa shape index (κ1) is 18.4. The lowest BCUT2D eigenvalue weighted by atomic mass is 10.1. The lowest BCUT2D eigenvalue weighted by Gasteiger charge is -2.12. The van der Waals surface area contributed by atoms with Crippen LogP contribution in [0.25, 0.3) is 34.1 Å². The molecule has 0 unspecified atom stereocenters. The summed E-state index contributed by atoms with van der Waals surface area (Å²) in [7, 11) is 0. The molecule has 2 aromatic carbocycles. The van der Waals surface area contributed by atoms with E-state index in [-0.39, 0.29) is 5.70 Å². The fraction of sp³-hybridized carbons (Fsp3) is 0. The lowest BCUT2D eigenvalue weighted by molar-refractivity contribution is -0.111. The molecule has 0 aliphatic heterocycles. The fourth-order valence-electron chi connectivity index (χ4n) is 3.25. The van der Waals surface area contributed by atoms with Gasteiger partial charge in [0.25, 0.3) is 5.91 Å². The maximum absolute atomic E-state index is 13.4. The SMILES string of the molecule is O=C(Nc1cccc2ncccc12)/C(=C/c1ccco1)n1nnnc1-c1ccccc1. The van der Waals surface area contributed by atoms with Gasteiger partial charge in [-0.2, -0.15) is 4.68 Å². The number of amides is 1. The van der Waals surface area contributed by atoms with E-state index in [4.69, 9.17) is 4.42 Å². The van der Waals surface area contributed by atoms with Crippen LogP contribution in [0, 0.1) is 0 Å². The van der Waals surface area contributed by atoms with Crippen molar-refractivity contribution in [2.24, 2.45) is 0 Å². The average Bonchev–Trinajstić information content (AvgIpc) is 3.50. The summed E-state index contributed by atoms with van der Waals surface area (Å²) in [5.41, 5.74) is 2.40. The molecule has 1 N–H and O–H groups in total. The smallest absolute Gasteiger partial charge is 0.274 e. The van der Waals surface area contributed by atoms with E-state index in [0.29, 0.717) is 17.3 Å². The van der Waals surface area contributed by atoms with E-state index in [2.05, 4.69) is 25.8 Å². The number of hydrogen-bond acceptors (Lipinski definition) is 6. The molecule has 0 aliphatic rings. The van der Waals surface area contributed by atoms with Gasteiger partial charge >= 0.3 is 0 Å². The third kappa shape index (κ3) is 3.69. The number of nitrogens with one attached hydrogen (secondary N) is 1. The van der Waals surface area contributed by atoms with Gasteiger partial charge in [-0.1, -0.05) is 36.4 Å². The number of rotatable bonds is 5. The highest BCUT2D eigenvalue weighted by Crippen LogP contribution is 2.25. The van der Waals surface area contributed by atoms with Crippen LogP contribution in [0.2, 0.25) is 0 Å². The van der Waals surface area contributed by atoms with Crippen LogP contribution < -0.4 is 5.32 Å².